The van der Waals surface area contributed by atoms with Crippen LogP contribution in [-0.4, -0.2) is 16.8 Å². The molecule has 0 aliphatic rings. The highest BCUT2D eigenvalue weighted by Crippen LogP contribution is 2.21. The summed E-state index contributed by atoms with van der Waals surface area (Å²) in [6.45, 7) is 2.00. The van der Waals surface area contributed by atoms with Crippen LogP contribution in [0, 0.1) is 6.92 Å². The van der Waals surface area contributed by atoms with Gasteiger partial charge in [0.15, 0.2) is 5.95 Å². The molecule has 6 heteroatoms. The molecule has 0 fully saturated rings. The Bertz CT molecular complexity index is 814. The SMILES string of the molecule is Cc1ccc(SCC(=O)c2c([O-])on[n+]2-c2ccccc2)cc1. The summed E-state index contributed by atoms with van der Waals surface area (Å²) in [7, 11) is 0. The Morgan fingerprint density at radius 2 is 1.87 bits per heavy atom. The van der Waals surface area contributed by atoms with Gasteiger partial charge in [0.05, 0.1) is 11.0 Å². The third kappa shape index (κ3) is 3.43. The lowest BCUT2D eigenvalue weighted by Gasteiger charge is -2.01. The molecule has 116 valence electrons. The second kappa shape index (κ2) is 6.66. The minimum Gasteiger partial charge on any atom is -0.539 e. The summed E-state index contributed by atoms with van der Waals surface area (Å²) in [6, 6.07) is 16.8. The number of benzene rings is 2. The molecule has 23 heavy (non-hydrogen) atoms. The van der Waals surface area contributed by atoms with Gasteiger partial charge >= 0.3 is 5.69 Å². The quantitative estimate of drug-likeness (QED) is 0.409. The zero-order valence-electron chi connectivity index (χ0n) is 12.4. The second-order valence-electron chi connectivity index (χ2n) is 4.98. The minimum absolute atomic E-state index is 0.0594. The number of aromatic nitrogens is 2. The van der Waals surface area contributed by atoms with E-state index in [0.29, 0.717) is 5.69 Å². The molecule has 0 bridgehead atoms. The smallest absolute Gasteiger partial charge is 0.307 e. The maximum atomic E-state index is 12.4. The maximum Gasteiger partial charge on any atom is 0.307 e. The number of hydrogen-bond acceptors (Lipinski definition) is 5. The fraction of sp³-hybridized carbons (Fsp3) is 0.118. The van der Waals surface area contributed by atoms with E-state index < -0.39 is 5.95 Å². The lowest BCUT2D eigenvalue weighted by atomic mass is 10.2. The normalized spacial score (nSPS) is 10.7. The van der Waals surface area contributed by atoms with Gasteiger partial charge in [-0.05, 0) is 23.7 Å². The predicted octanol–water partition coefficient (Wildman–Crippen LogP) is 2.31. The lowest BCUT2D eigenvalue weighted by Crippen LogP contribution is -2.39. The van der Waals surface area contributed by atoms with Gasteiger partial charge < -0.3 is 9.63 Å². The zero-order chi connectivity index (χ0) is 16.2. The van der Waals surface area contributed by atoms with Crippen molar-refractivity contribution in [3.05, 3.63) is 65.9 Å². The Balaban J connectivity index is 1.80. The first-order valence-electron chi connectivity index (χ1n) is 7.02. The fourth-order valence-corrected chi connectivity index (χ4v) is 2.84. The van der Waals surface area contributed by atoms with Crippen LogP contribution in [0.2, 0.25) is 0 Å². The van der Waals surface area contributed by atoms with Gasteiger partial charge in [0.1, 0.15) is 0 Å². The van der Waals surface area contributed by atoms with Crippen molar-refractivity contribution in [1.82, 2.24) is 5.27 Å². The van der Waals surface area contributed by atoms with Crippen LogP contribution >= 0.6 is 11.8 Å². The molecule has 0 spiro atoms. The summed E-state index contributed by atoms with van der Waals surface area (Å²) in [5, 5.41) is 15.5. The summed E-state index contributed by atoms with van der Waals surface area (Å²) in [4.78, 5) is 13.4. The Morgan fingerprint density at radius 1 is 1.17 bits per heavy atom. The third-order valence-electron chi connectivity index (χ3n) is 3.27. The van der Waals surface area contributed by atoms with Gasteiger partial charge in [0.25, 0.3) is 0 Å². The first-order valence-corrected chi connectivity index (χ1v) is 8.01. The van der Waals surface area contributed by atoms with Crippen molar-refractivity contribution in [1.29, 1.82) is 0 Å². The monoisotopic (exact) mass is 326 g/mol. The number of hydrogen-bond donors (Lipinski definition) is 0. The van der Waals surface area contributed by atoms with Gasteiger partial charge in [-0.25, -0.2) is 0 Å². The van der Waals surface area contributed by atoms with Crippen LogP contribution in [0.5, 0.6) is 5.95 Å². The van der Waals surface area contributed by atoms with Crippen molar-refractivity contribution in [2.45, 2.75) is 11.8 Å². The van der Waals surface area contributed by atoms with Gasteiger partial charge in [-0.15, -0.1) is 11.8 Å². The number of rotatable bonds is 5. The molecule has 0 radical (unpaired) electrons. The largest absolute Gasteiger partial charge is 0.539 e. The number of carbonyl (C=O) groups is 1. The zero-order valence-corrected chi connectivity index (χ0v) is 13.2. The highest BCUT2D eigenvalue weighted by Gasteiger charge is 2.27. The van der Waals surface area contributed by atoms with Crippen LogP contribution in [0.3, 0.4) is 0 Å². The van der Waals surface area contributed by atoms with E-state index in [1.807, 2.05) is 37.3 Å². The lowest BCUT2D eigenvalue weighted by molar-refractivity contribution is -0.672. The molecule has 3 aromatic rings. The van der Waals surface area contributed by atoms with Crippen LogP contribution in [-0.2, 0) is 0 Å². The molecule has 0 unspecified atom stereocenters. The molecule has 0 aliphatic carbocycles. The topological polar surface area (TPSA) is 70.0 Å². The summed E-state index contributed by atoms with van der Waals surface area (Å²) < 4.78 is 5.92. The standard InChI is InChI=1S/C17H14N2O3S/c1-12-7-9-14(10-8-12)23-11-15(20)16-17(21)22-18-19(16)13-5-3-2-4-6-13/h2-10H,11H2,1H3. The van der Waals surface area contributed by atoms with Crippen LogP contribution in [0.4, 0.5) is 0 Å². The van der Waals surface area contributed by atoms with E-state index in [2.05, 4.69) is 9.79 Å². The van der Waals surface area contributed by atoms with Crippen molar-refractivity contribution in [2.75, 3.05) is 5.75 Å². The first kappa shape index (κ1) is 15.3. The molecular weight excluding hydrogens is 312 g/mol. The second-order valence-corrected chi connectivity index (χ2v) is 6.03. The summed E-state index contributed by atoms with van der Waals surface area (Å²) in [6.07, 6.45) is 0. The van der Waals surface area contributed by atoms with Gasteiger partial charge in [0.2, 0.25) is 11.5 Å². The third-order valence-corrected chi connectivity index (χ3v) is 4.28. The van der Waals surface area contributed by atoms with Crippen molar-refractivity contribution in [2.24, 2.45) is 0 Å². The number of Topliss-reactive ketones (excluding diaryl/α,β-unsaturated/α-hetero) is 1. The van der Waals surface area contributed by atoms with Crippen molar-refractivity contribution in [3.8, 4) is 11.6 Å². The summed E-state index contributed by atoms with van der Waals surface area (Å²) in [5.41, 5.74) is 1.71. The number of carbonyl (C=O) groups excluding carboxylic acids is 1. The highest BCUT2D eigenvalue weighted by molar-refractivity contribution is 8.00. The van der Waals surface area contributed by atoms with Gasteiger partial charge in [-0.2, -0.15) is 0 Å². The number of aryl methyl sites for hydroxylation is 1. The molecule has 1 aromatic heterocycles. The molecule has 2 aromatic carbocycles. The van der Waals surface area contributed by atoms with E-state index in [9.17, 15) is 9.90 Å². The van der Waals surface area contributed by atoms with E-state index in [-0.39, 0.29) is 17.2 Å². The summed E-state index contributed by atoms with van der Waals surface area (Å²) in [5.74, 6) is -0.888. The fourth-order valence-electron chi connectivity index (χ4n) is 2.08. The van der Waals surface area contributed by atoms with Gasteiger partial charge in [-0.1, -0.05) is 35.9 Å². The molecule has 0 saturated carbocycles. The van der Waals surface area contributed by atoms with Crippen LogP contribution in [0.25, 0.3) is 5.69 Å². The highest BCUT2D eigenvalue weighted by atomic mass is 32.2. The molecule has 0 N–H and O–H groups in total. The van der Waals surface area contributed by atoms with Crippen LogP contribution < -0.4 is 9.79 Å². The van der Waals surface area contributed by atoms with E-state index in [0.717, 1.165) is 10.5 Å². The van der Waals surface area contributed by atoms with Crippen molar-refractivity contribution in [3.63, 3.8) is 0 Å². The molecule has 1 heterocycles. The predicted molar refractivity (Wildman–Crippen MR) is 83.7 cm³/mol. The molecule has 0 aliphatic heterocycles. The Hall–Kier alpha value is -2.60. The summed E-state index contributed by atoms with van der Waals surface area (Å²) >= 11 is 1.38. The Labute approximate surface area is 137 Å². The van der Waals surface area contributed by atoms with Crippen LogP contribution in [0.1, 0.15) is 16.1 Å². The van der Waals surface area contributed by atoms with Gasteiger partial charge in [-0.3, -0.25) is 4.79 Å². The number of nitrogens with zero attached hydrogens (tertiary/aromatic N) is 2. The van der Waals surface area contributed by atoms with Crippen molar-refractivity contribution >= 4 is 17.5 Å². The molecule has 5 nitrogen and oxygen atoms in total. The van der Waals surface area contributed by atoms with E-state index in [4.69, 9.17) is 0 Å². The molecular formula is C17H14N2O3S. The van der Waals surface area contributed by atoms with E-state index in [1.165, 1.54) is 16.4 Å². The molecule has 0 atom stereocenters. The average molecular weight is 326 g/mol. The Kier molecular flexibility index (Phi) is 4.43. The molecule has 3 rings (SSSR count). The van der Waals surface area contributed by atoms with Crippen LogP contribution in [0.15, 0.2) is 64.0 Å². The Morgan fingerprint density at radius 3 is 2.57 bits per heavy atom. The van der Waals surface area contributed by atoms with Crippen molar-refractivity contribution < 1.29 is 19.1 Å². The average Bonchev–Trinajstić information content (AvgIpc) is 2.96. The minimum atomic E-state index is -0.719. The first-order chi connectivity index (χ1) is 11.1. The number of ketones is 1. The molecule has 0 amide bonds. The maximum absolute atomic E-state index is 12.4. The van der Waals surface area contributed by atoms with E-state index >= 15 is 0 Å². The molecule has 0 saturated heterocycles. The number of thioether (sulfide) groups is 1. The number of para-hydroxylation sites is 1. The van der Waals surface area contributed by atoms with Gasteiger partial charge in [0, 0.05) is 17.0 Å². The van der Waals surface area contributed by atoms with E-state index in [1.54, 1.807) is 24.3 Å².